The Kier molecular flexibility index (Phi) is 3.87. The van der Waals surface area contributed by atoms with Crippen molar-refractivity contribution in [3.05, 3.63) is 46.6 Å². The molecular weight excluding hydrogens is 342 g/mol. The van der Waals surface area contributed by atoms with Gasteiger partial charge < -0.3 is 9.52 Å². The van der Waals surface area contributed by atoms with E-state index in [1.54, 1.807) is 0 Å². The fourth-order valence-electron chi connectivity index (χ4n) is 2.05. The molecule has 0 spiro atoms. The lowest BCUT2D eigenvalue weighted by atomic mass is 10.2. The lowest BCUT2D eigenvalue weighted by Gasteiger charge is -2.05. The maximum absolute atomic E-state index is 10.9. The minimum absolute atomic E-state index is 0.0969. The van der Waals surface area contributed by atoms with Gasteiger partial charge in [-0.05, 0) is 24.3 Å². The SMILES string of the molecule is O=C(O)[C@@H]1CN[C@@H](c2ccc(-c3ccc(Br)cc3)o2)S1. The summed E-state index contributed by atoms with van der Waals surface area (Å²) in [6, 6.07) is 11.7. The molecule has 4 nitrogen and oxygen atoms in total. The number of carboxylic acid groups (broad SMARTS) is 1. The van der Waals surface area contributed by atoms with E-state index in [4.69, 9.17) is 9.52 Å². The van der Waals surface area contributed by atoms with Gasteiger partial charge in [0.1, 0.15) is 22.1 Å². The van der Waals surface area contributed by atoms with Gasteiger partial charge in [-0.15, -0.1) is 11.8 Å². The second kappa shape index (κ2) is 5.63. The van der Waals surface area contributed by atoms with Crippen LogP contribution in [0.2, 0.25) is 0 Å². The number of aliphatic carboxylic acids is 1. The molecule has 2 N–H and O–H groups in total. The highest BCUT2D eigenvalue weighted by atomic mass is 79.9. The van der Waals surface area contributed by atoms with Gasteiger partial charge in [0.05, 0.1) is 0 Å². The number of carboxylic acids is 1. The third kappa shape index (κ3) is 2.77. The van der Waals surface area contributed by atoms with Crippen molar-refractivity contribution in [2.24, 2.45) is 0 Å². The van der Waals surface area contributed by atoms with E-state index in [0.717, 1.165) is 21.6 Å². The van der Waals surface area contributed by atoms with Gasteiger partial charge in [-0.2, -0.15) is 0 Å². The number of carbonyl (C=O) groups is 1. The number of thioether (sulfide) groups is 1. The van der Waals surface area contributed by atoms with Crippen molar-refractivity contribution >= 4 is 33.7 Å². The number of benzene rings is 1. The average Bonchev–Trinajstić information content (AvgIpc) is 3.08. The van der Waals surface area contributed by atoms with Crippen molar-refractivity contribution in [1.29, 1.82) is 0 Å². The predicted octanol–water partition coefficient (Wildman–Crippen LogP) is 3.50. The molecule has 1 aromatic heterocycles. The Morgan fingerprint density at radius 1 is 1.30 bits per heavy atom. The first kappa shape index (κ1) is 13.7. The predicted molar refractivity (Wildman–Crippen MR) is 81.6 cm³/mol. The van der Waals surface area contributed by atoms with Gasteiger partial charge >= 0.3 is 5.97 Å². The number of nitrogens with one attached hydrogen (secondary N) is 1. The first-order valence-electron chi connectivity index (χ1n) is 6.11. The molecular formula is C14H12BrNO3S. The van der Waals surface area contributed by atoms with E-state index in [-0.39, 0.29) is 5.37 Å². The standard InChI is InChI=1S/C14H12BrNO3S/c15-9-3-1-8(2-4-9)10-5-6-11(19-10)13-16-7-12(20-13)14(17)18/h1-6,12-13,16H,7H2,(H,17,18)/t12-,13+/m0/s1. The molecule has 2 heterocycles. The summed E-state index contributed by atoms with van der Waals surface area (Å²) in [6.45, 7) is 0.457. The number of hydrogen-bond acceptors (Lipinski definition) is 4. The molecule has 0 bridgehead atoms. The van der Waals surface area contributed by atoms with E-state index in [0.29, 0.717) is 6.54 Å². The molecule has 0 amide bonds. The quantitative estimate of drug-likeness (QED) is 0.884. The van der Waals surface area contributed by atoms with Gasteiger partial charge in [-0.25, -0.2) is 0 Å². The van der Waals surface area contributed by atoms with Gasteiger partial charge in [0.2, 0.25) is 0 Å². The van der Waals surface area contributed by atoms with Crippen molar-refractivity contribution in [2.75, 3.05) is 6.54 Å². The van der Waals surface area contributed by atoms with E-state index in [1.807, 2.05) is 36.4 Å². The smallest absolute Gasteiger partial charge is 0.318 e. The molecule has 1 fully saturated rings. The van der Waals surface area contributed by atoms with E-state index in [2.05, 4.69) is 21.2 Å². The van der Waals surface area contributed by atoms with Gasteiger partial charge in [0, 0.05) is 16.6 Å². The van der Waals surface area contributed by atoms with Crippen LogP contribution in [0.5, 0.6) is 0 Å². The van der Waals surface area contributed by atoms with Gasteiger partial charge in [0.25, 0.3) is 0 Å². The van der Waals surface area contributed by atoms with Gasteiger partial charge in [-0.1, -0.05) is 28.1 Å². The van der Waals surface area contributed by atoms with E-state index >= 15 is 0 Å². The highest BCUT2D eigenvalue weighted by molar-refractivity contribution is 9.10. The van der Waals surface area contributed by atoms with Crippen LogP contribution in [0, 0.1) is 0 Å². The number of hydrogen-bond donors (Lipinski definition) is 2. The summed E-state index contributed by atoms with van der Waals surface area (Å²) in [6.07, 6.45) is 0. The Bertz CT molecular complexity index is 626. The summed E-state index contributed by atoms with van der Waals surface area (Å²) in [7, 11) is 0. The molecule has 0 aliphatic carbocycles. The molecule has 3 rings (SSSR count). The second-order valence-corrected chi connectivity index (χ2v) is 6.69. The van der Waals surface area contributed by atoms with Crippen LogP contribution in [-0.4, -0.2) is 22.9 Å². The van der Waals surface area contributed by atoms with E-state index < -0.39 is 11.2 Å². The highest BCUT2D eigenvalue weighted by Crippen LogP contribution is 2.37. The first-order chi connectivity index (χ1) is 9.63. The van der Waals surface area contributed by atoms with Gasteiger partial charge in [0.15, 0.2) is 0 Å². The molecule has 104 valence electrons. The molecule has 0 saturated carbocycles. The first-order valence-corrected chi connectivity index (χ1v) is 7.84. The Hall–Kier alpha value is -1.24. The molecule has 20 heavy (non-hydrogen) atoms. The maximum Gasteiger partial charge on any atom is 0.318 e. The third-order valence-corrected chi connectivity index (χ3v) is 4.98. The van der Waals surface area contributed by atoms with Crippen LogP contribution < -0.4 is 5.32 Å². The Morgan fingerprint density at radius 3 is 2.70 bits per heavy atom. The lowest BCUT2D eigenvalue weighted by Crippen LogP contribution is -2.21. The van der Waals surface area contributed by atoms with Crippen LogP contribution >= 0.6 is 27.7 Å². The largest absolute Gasteiger partial charge is 0.480 e. The normalized spacial score (nSPS) is 22.1. The second-order valence-electron chi connectivity index (χ2n) is 4.46. The fraction of sp³-hybridized carbons (Fsp3) is 0.214. The summed E-state index contributed by atoms with van der Waals surface area (Å²) in [5.74, 6) is 0.759. The zero-order valence-corrected chi connectivity index (χ0v) is 12.8. The van der Waals surface area contributed by atoms with E-state index in [9.17, 15) is 4.79 Å². The average molecular weight is 354 g/mol. The van der Waals surface area contributed by atoms with Crippen molar-refractivity contribution < 1.29 is 14.3 Å². The fourth-order valence-corrected chi connectivity index (χ4v) is 3.41. The molecule has 0 unspecified atom stereocenters. The molecule has 0 radical (unpaired) electrons. The molecule has 1 saturated heterocycles. The zero-order valence-electron chi connectivity index (χ0n) is 10.4. The van der Waals surface area contributed by atoms with Crippen LogP contribution in [0.25, 0.3) is 11.3 Å². The minimum atomic E-state index is -0.787. The van der Waals surface area contributed by atoms with Crippen molar-refractivity contribution in [1.82, 2.24) is 5.32 Å². The molecule has 1 aliphatic heterocycles. The van der Waals surface area contributed by atoms with Crippen LogP contribution in [0.15, 0.2) is 45.3 Å². The third-order valence-electron chi connectivity index (χ3n) is 3.08. The molecule has 2 aromatic rings. The van der Waals surface area contributed by atoms with Crippen LogP contribution in [0.1, 0.15) is 11.1 Å². The molecule has 6 heteroatoms. The van der Waals surface area contributed by atoms with Gasteiger partial charge in [-0.3, -0.25) is 10.1 Å². The van der Waals surface area contributed by atoms with Crippen molar-refractivity contribution in [2.45, 2.75) is 10.6 Å². The van der Waals surface area contributed by atoms with E-state index in [1.165, 1.54) is 11.8 Å². The lowest BCUT2D eigenvalue weighted by molar-refractivity contribution is -0.136. The number of rotatable bonds is 3. The summed E-state index contributed by atoms with van der Waals surface area (Å²) in [5, 5.41) is 11.6. The van der Waals surface area contributed by atoms with Crippen molar-refractivity contribution in [3.63, 3.8) is 0 Å². The van der Waals surface area contributed by atoms with Crippen LogP contribution in [-0.2, 0) is 4.79 Å². The summed E-state index contributed by atoms with van der Waals surface area (Å²) >= 11 is 4.77. The Balaban J connectivity index is 1.77. The highest BCUT2D eigenvalue weighted by Gasteiger charge is 2.32. The monoisotopic (exact) mass is 353 g/mol. The van der Waals surface area contributed by atoms with Crippen LogP contribution in [0.3, 0.4) is 0 Å². The zero-order chi connectivity index (χ0) is 14.1. The summed E-state index contributed by atoms with van der Waals surface area (Å²) in [4.78, 5) is 10.9. The maximum atomic E-state index is 10.9. The molecule has 2 atom stereocenters. The topological polar surface area (TPSA) is 62.5 Å². The number of halogens is 1. The van der Waals surface area contributed by atoms with Crippen LogP contribution in [0.4, 0.5) is 0 Å². The Morgan fingerprint density at radius 2 is 2.05 bits per heavy atom. The summed E-state index contributed by atoms with van der Waals surface area (Å²) in [5.41, 5.74) is 0.997. The Labute approximate surface area is 128 Å². The molecule has 1 aromatic carbocycles. The summed E-state index contributed by atoms with van der Waals surface area (Å²) < 4.78 is 6.85. The molecule has 1 aliphatic rings. The minimum Gasteiger partial charge on any atom is -0.480 e. The van der Waals surface area contributed by atoms with Crippen molar-refractivity contribution in [3.8, 4) is 11.3 Å². The number of furan rings is 1.